The largest absolute Gasteiger partial charge is 0.399 e. The molecule has 0 saturated carbocycles. The summed E-state index contributed by atoms with van der Waals surface area (Å²) in [6.45, 7) is 3.74. The second kappa shape index (κ2) is 5.28. The molecule has 20 heavy (non-hydrogen) atoms. The number of rotatable bonds is 4. The third-order valence-electron chi connectivity index (χ3n) is 3.26. The summed E-state index contributed by atoms with van der Waals surface area (Å²) in [5.41, 5.74) is 8.48. The van der Waals surface area contributed by atoms with Gasteiger partial charge < -0.3 is 5.73 Å². The lowest BCUT2D eigenvalue weighted by Gasteiger charge is -2.08. The molecule has 0 atom stereocenters. The third-order valence-corrected chi connectivity index (χ3v) is 5.07. The Morgan fingerprint density at radius 1 is 1.30 bits per heavy atom. The second-order valence-corrected chi connectivity index (χ2v) is 6.85. The molecular formula is C14H19N3O2S. The van der Waals surface area contributed by atoms with E-state index in [2.05, 4.69) is 5.10 Å². The molecule has 2 rings (SSSR count). The highest BCUT2D eigenvalue weighted by Gasteiger charge is 2.20. The van der Waals surface area contributed by atoms with E-state index >= 15 is 0 Å². The number of hydrogen-bond donors (Lipinski definition) is 1. The van der Waals surface area contributed by atoms with E-state index in [0.717, 1.165) is 12.1 Å². The molecule has 5 nitrogen and oxygen atoms in total. The fraction of sp³-hybridized carbons (Fsp3) is 0.357. The highest BCUT2D eigenvalue weighted by molar-refractivity contribution is 7.90. The maximum Gasteiger partial charge on any atom is 0.184 e. The maximum absolute atomic E-state index is 12.5. The molecule has 0 aliphatic rings. The quantitative estimate of drug-likeness (QED) is 0.873. The van der Waals surface area contributed by atoms with E-state index in [-0.39, 0.29) is 5.75 Å². The number of hydrogen-bond acceptors (Lipinski definition) is 4. The molecule has 1 aromatic carbocycles. The van der Waals surface area contributed by atoms with Gasteiger partial charge in [-0.2, -0.15) is 5.10 Å². The smallest absolute Gasteiger partial charge is 0.184 e. The molecule has 108 valence electrons. The van der Waals surface area contributed by atoms with Gasteiger partial charge in [0.2, 0.25) is 0 Å². The molecule has 2 aromatic rings. The van der Waals surface area contributed by atoms with E-state index < -0.39 is 9.84 Å². The predicted octanol–water partition coefficient (Wildman–Crippen LogP) is 1.85. The van der Waals surface area contributed by atoms with Crippen LogP contribution in [0.15, 0.2) is 29.2 Å². The van der Waals surface area contributed by atoms with E-state index in [1.54, 1.807) is 36.9 Å². The minimum Gasteiger partial charge on any atom is -0.399 e. The molecule has 1 heterocycles. The number of sulfone groups is 1. The molecule has 0 radical (unpaired) electrons. The van der Waals surface area contributed by atoms with Crippen LogP contribution >= 0.6 is 0 Å². The summed E-state index contributed by atoms with van der Waals surface area (Å²) in [7, 11) is -1.63. The molecule has 0 fully saturated rings. The SMILES string of the molecule is CCc1cc(CS(=O)(=O)c2ccc(N)cc2C)n(C)n1. The van der Waals surface area contributed by atoms with Crippen LogP contribution in [-0.2, 0) is 29.1 Å². The maximum atomic E-state index is 12.5. The highest BCUT2D eigenvalue weighted by atomic mass is 32.2. The first kappa shape index (κ1) is 14.6. The predicted molar refractivity (Wildman–Crippen MR) is 79.1 cm³/mol. The van der Waals surface area contributed by atoms with E-state index in [1.807, 2.05) is 13.0 Å². The van der Waals surface area contributed by atoms with Crippen LogP contribution < -0.4 is 5.73 Å². The van der Waals surface area contributed by atoms with E-state index in [0.29, 0.717) is 21.8 Å². The Morgan fingerprint density at radius 2 is 2.00 bits per heavy atom. The Balaban J connectivity index is 2.38. The van der Waals surface area contributed by atoms with Gasteiger partial charge in [0.05, 0.1) is 22.0 Å². The van der Waals surface area contributed by atoms with Crippen LogP contribution in [0.4, 0.5) is 5.69 Å². The molecule has 2 N–H and O–H groups in total. The first-order chi connectivity index (χ1) is 9.33. The summed E-state index contributed by atoms with van der Waals surface area (Å²) in [5.74, 6) is -0.0543. The first-order valence-corrected chi connectivity index (χ1v) is 8.09. The lowest BCUT2D eigenvalue weighted by molar-refractivity contribution is 0.591. The number of nitrogen functional groups attached to an aromatic ring is 1. The Morgan fingerprint density at radius 3 is 2.55 bits per heavy atom. The van der Waals surface area contributed by atoms with Crippen molar-refractivity contribution in [3.63, 3.8) is 0 Å². The molecule has 0 aliphatic heterocycles. The van der Waals surface area contributed by atoms with Crippen molar-refractivity contribution in [2.45, 2.75) is 30.9 Å². The van der Waals surface area contributed by atoms with Gasteiger partial charge >= 0.3 is 0 Å². The number of benzene rings is 1. The van der Waals surface area contributed by atoms with Gasteiger partial charge in [-0.25, -0.2) is 8.42 Å². The van der Waals surface area contributed by atoms with Gasteiger partial charge in [0.25, 0.3) is 0 Å². The van der Waals surface area contributed by atoms with Crippen molar-refractivity contribution in [3.8, 4) is 0 Å². The number of nitrogens with two attached hydrogens (primary N) is 1. The van der Waals surface area contributed by atoms with Gasteiger partial charge in [-0.15, -0.1) is 0 Å². The second-order valence-electron chi connectivity index (χ2n) is 4.89. The Kier molecular flexibility index (Phi) is 3.85. The van der Waals surface area contributed by atoms with Crippen LogP contribution in [0.25, 0.3) is 0 Å². The van der Waals surface area contributed by atoms with Crippen LogP contribution in [0, 0.1) is 6.92 Å². The van der Waals surface area contributed by atoms with Gasteiger partial charge in [0.15, 0.2) is 9.84 Å². The van der Waals surface area contributed by atoms with Gasteiger partial charge in [0, 0.05) is 12.7 Å². The molecule has 0 unspecified atom stereocenters. The van der Waals surface area contributed by atoms with Gasteiger partial charge in [0.1, 0.15) is 0 Å². The number of nitrogens with zero attached hydrogens (tertiary/aromatic N) is 2. The standard InChI is InChI=1S/C14H19N3O2S/c1-4-12-8-13(17(3)16-12)9-20(18,19)14-6-5-11(15)7-10(14)2/h5-8H,4,9,15H2,1-3H3. The summed E-state index contributed by atoms with van der Waals surface area (Å²) in [5, 5.41) is 4.28. The Labute approximate surface area is 119 Å². The van der Waals surface area contributed by atoms with Crippen molar-refractivity contribution in [3.05, 3.63) is 41.2 Å². The van der Waals surface area contributed by atoms with Crippen molar-refractivity contribution in [2.75, 3.05) is 5.73 Å². The lowest BCUT2D eigenvalue weighted by atomic mass is 10.2. The molecule has 0 saturated heterocycles. The van der Waals surface area contributed by atoms with Gasteiger partial charge in [-0.1, -0.05) is 6.92 Å². The van der Waals surface area contributed by atoms with Gasteiger partial charge in [-0.3, -0.25) is 4.68 Å². The topological polar surface area (TPSA) is 78.0 Å². The normalized spacial score (nSPS) is 11.8. The zero-order chi connectivity index (χ0) is 14.9. The zero-order valence-electron chi connectivity index (χ0n) is 11.9. The zero-order valence-corrected chi connectivity index (χ0v) is 12.7. The first-order valence-electron chi connectivity index (χ1n) is 6.44. The number of anilines is 1. The van der Waals surface area contributed by atoms with E-state index in [4.69, 9.17) is 5.73 Å². The number of aromatic nitrogens is 2. The summed E-state index contributed by atoms with van der Waals surface area (Å²) >= 11 is 0. The van der Waals surface area contributed by atoms with E-state index in [1.165, 1.54) is 0 Å². The molecule has 0 spiro atoms. The molecule has 0 amide bonds. The van der Waals surface area contributed by atoms with E-state index in [9.17, 15) is 8.42 Å². The summed E-state index contributed by atoms with van der Waals surface area (Å²) in [6.07, 6.45) is 0.786. The third kappa shape index (κ3) is 2.85. The highest BCUT2D eigenvalue weighted by Crippen LogP contribution is 2.22. The van der Waals surface area contributed by atoms with Crippen molar-refractivity contribution in [1.29, 1.82) is 0 Å². The van der Waals surface area contributed by atoms with Crippen LogP contribution in [0.2, 0.25) is 0 Å². The molecule has 0 aliphatic carbocycles. The summed E-state index contributed by atoms with van der Waals surface area (Å²) in [6, 6.07) is 6.69. The average Bonchev–Trinajstić information content (AvgIpc) is 2.69. The summed E-state index contributed by atoms with van der Waals surface area (Å²) < 4.78 is 26.6. The summed E-state index contributed by atoms with van der Waals surface area (Å²) in [4.78, 5) is 0.325. The fourth-order valence-corrected chi connectivity index (χ4v) is 3.81. The number of aryl methyl sites for hydroxylation is 3. The van der Waals surface area contributed by atoms with Crippen LogP contribution in [0.5, 0.6) is 0 Å². The lowest BCUT2D eigenvalue weighted by Crippen LogP contribution is -2.10. The minimum absolute atomic E-state index is 0.0543. The van der Waals surface area contributed by atoms with Gasteiger partial charge in [-0.05, 0) is 43.2 Å². The van der Waals surface area contributed by atoms with Crippen molar-refractivity contribution < 1.29 is 8.42 Å². The van der Waals surface area contributed by atoms with Crippen LogP contribution in [0.1, 0.15) is 23.9 Å². The monoisotopic (exact) mass is 293 g/mol. The molecule has 6 heteroatoms. The van der Waals surface area contributed by atoms with Crippen LogP contribution in [-0.4, -0.2) is 18.2 Å². The Bertz CT molecular complexity index is 733. The molecule has 1 aromatic heterocycles. The average molecular weight is 293 g/mol. The Hall–Kier alpha value is -1.82. The molecule has 0 bridgehead atoms. The van der Waals surface area contributed by atoms with Crippen LogP contribution in [0.3, 0.4) is 0 Å². The fourth-order valence-electron chi connectivity index (χ4n) is 2.17. The van der Waals surface area contributed by atoms with Crippen molar-refractivity contribution in [2.24, 2.45) is 7.05 Å². The van der Waals surface area contributed by atoms with Crippen molar-refractivity contribution in [1.82, 2.24) is 9.78 Å². The minimum atomic E-state index is -3.39. The van der Waals surface area contributed by atoms with Crippen molar-refractivity contribution >= 4 is 15.5 Å². The molecular weight excluding hydrogens is 274 g/mol.